The van der Waals surface area contributed by atoms with Crippen LogP contribution in [0, 0.1) is 17.8 Å². The largest absolute Gasteiger partial charge is 0.497 e. The van der Waals surface area contributed by atoms with Gasteiger partial charge in [-0.15, -0.1) is 0 Å². The third kappa shape index (κ3) is 11.5. The fourth-order valence-corrected chi connectivity index (χ4v) is 4.48. The highest BCUT2D eigenvalue weighted by molar-refractivity contribution is 6.01. The monoisotopic (exact) mass is 605 g/mol. The molecule has 0 saturated carbocycles. The minimum Gasteiger partial charge on any atom is -0.497 e. The highest BCUT2D eigenvalue weighted by Crippen LogP contribution is 2.27. The van der Waals surface area contributed by atoms with E-state index in [2.05, 4.69) is 10.6 Å². The molecule has 0 aromatic carbocycles. The molecule has 0 aromatic heterocycles. The Bertz CT molecular complexity index is 1190. The fraction of sp³-hybridized carbons (Fsp3) is 0.552. The average molecular weight is 606 g/mol. The van der Waals surface area contributed by atoms with Gasteiger partial charge in [0.05, 0.1) is 19.1 Å². The standard InChI is InChI=1S/C29H39N3O11/c1-16(30)23(34)14-18(26(37)31-11-9-19(28(39)40)12-20(33)4-3-5-25(35)36)8-10-32-27(38)22-13-17-6-7-21(42-2)15-24(17)43-29(22)41/h6-7,13,15-16,18-19,22,24H,3-5,8-12,14,30H2,1-2H3,(H,31,37)(H,32,38)(H,35,36)(H,39,40)/t16-,18-,19-,22?,24?/m0/s1. The zero-order valence-corrected chi connectivity index (χ0v) is 24.2. The molecule has 0 radical (unpaired) electrons. The summed E-state index contributed by atoms with van der Waals surface area (Å²) in [5.41, 5.74) is 6.27. The van der Waals surface area contributed by atoms with E-state index in [1.165, 1.54) is 20.1 Å². The summed E-state index contributed by atoms with van der Waals surface area (Å²) in [4.78, 5) is 84.7. The SMILES string of the molecule is COC1=CC2OC(=O)C(C(=O)NCC[C@@H](CC(=O)[C@H](C)N)C(=O)NCC[C@@H](CC(=O)CCCC(=O)O)C(=O)O)C=C2C=C1. The summed E-state index contributed by atoms with van der Waals surface area (Å²) in [6.45, 7) is 1.33. The number of Topliss-reactive ketones (excluding diaryl/α,β-unsaturated/α-hetero) is 2. The summed E-state index contributed by atoms with van der Waals surface area (Å²) < 4.78 is 10.5. The second-order valence-corrected chi connectivity index (χ2v) is 10.4. The van der Waals surface area contributed by atoms with Gasteiger partial charge in [0, 0.05) is 50.8 Å². The molecule has 1 heterocycles. The molecule has 2 rings (SSSR count). The minimum absolute atomic E-state index is 0.0290. The van der Waals surface area contributed by atoms with Crippen molar-refractivity contribution in [1.82, 2.24) is 10.6 Å². The molecule has 43 heavy (non-hydrogen) atoms. The van der Waals surface area contributed by atoms with E-state index in [0.29, 0.717) is 11.3 Å². The van der Waals surface area contributed by atoms with Crippen LogP contribution in [0.25, 0.3) is 0 Å². The fourth-order valence-electron chi connectivity index (χ4n) is 4.48. The van der Waals surface area contributed by atoms with Crippen LogP contribution in [0.1, 0.15) is 51.9 Å². The molecule has 2 amide bonds. The number of carbonyl (C=O) groups excluding carboxylic acids is 5. The van der Waals surface area contributed by atoms with Crippen LogP contribution < -0.4 is 16.4 Å². The normalized spacial score (nSPS) is 19.4. The number of hydrogen-bond acceptors (Lipinski definition) is 10. The predicted octanol–water partition coefficient (Wildman–Crippen LogP) is 0.405. The third-order valence-electron chi connectivity index (χ3n) is 7.04. The minimum atomic E-state index is -1.23. The molecule has 5 atom stereocenters. The molecular formula is C29H39N3O11. The van der Waals surface area contributed by atoms with Crippen molar-refractivity contribution < 1.29 is 53.2 Å². The van der Waals surface area contributed by atoms with Gasteiger partial charge < -0.3 is 36.1 Å². The number of amides is 2. The number of nitrogens with one attached hydrogen (secondary N) is 2. The van der Waals surface area contributed by atoms with Gasteiger partial charge in [-0.3, -0.25) is 33.6 Å². The number of hydrogen-bond donors (Lipinski definition) is 5. The van der Waals surface area contributed by atoms with Crippen LogP contribution in [0.4, 0.5) is 0 Å². The van der Waals surface area contributed by atoms with Crippen LogP contribution >= 0.6 is 0 Å². The highest BCUT2D eigenvalue weighted by atomic mass is 16.5. The van der Waals surface area contributed by atoms with Gasteiger partial charge in [0.2, 0.25) is 11.8 Å². The summed E-state index contributed by atoms with van der Waals surface area (Å²) in [5.74, 6) is -7.67. The number of nitrogens with two attached hydrogens (primary N) is 1. The van der Waals surface area contributed by atoms with E-state index in [9.17, 15) is 38.7 Å². The van der Waals surface area contributed by atoms with E-state index in [-0.39, 0.29) is 69.6 Å². The number of rotatable bonds is 19. The molecule has 0 saturated heterocycles. The van der Waals surface area contributed by atoms with Gasteiger partial charge in [-0.05, 0) is 37.8 Å². The lowest BCUT2D eigenvalue weighted by atomic mass is 9.93. The van der Waals surface area contributed by atoms with E-state index >= 15 is 0 Å². The van der Waals surface area contributed by atoms with Gasteiger partial charge in [0.1, 0.15) is 23.4 Å². The van der Waals surface area contributed by atoms with E-state index in [1.807, 2.05) is 0 Å². The van der Waals surface area contributed by atoms with E-state index in [1.54, 1.807) is 18.2 Å². The first-order valence-corrected chi connectivity index (χ1v) is 14.0. The van der Waals surface area contributed by atoms with E-state index in [0.717, 1.165) is 0 Å². The Kier molecular flexibility index (Phi) is 13.7. The zero-order valence-electron chi connectivity index (χ0n) is 24.2. The molecule has 236 valence electrons. The first-order chi connectivity index (χ1) is 20.3. The van der Waals surface area contributed by atoms with Crippen molar-refractivity contribution >= 4 is 41.3 Å². The summed E-state index contributed by atoms with van der Waals surface area (Å²) in [6, 6.07) is -0.832. The van der Waals surface area contributed by atoms with Crippen molar-refractivity contribution in [2.45, 2.75) is 64.0 Å². The molecule has 14 nitrogen and oxygen atoms in total. The van der Waals surface area contributed by atoms with Crippen LogP contribution in [0.15, 0.2) is 35.6 Å². The molecule has 2 aliphatic rings. The Labute approximate surface area is 248 Å². The highest BCUT2D eigenvalue weighted by Gasteiger charge is 2.35. The van der Waals surface area contributed by atoms with Crippen LogP contribution in [0.5, 0.6) is 0 Å². The Morgan fingerprint density at radius 2 is 1.65 bits per heavy atom. The summed E-state index contributed by atoms with van der Waals surface area (Å²) in [6.07, 6.45) is 5.07. The van der Waals surface area contributed by atoms with Crippen LogP contribution in [-0.4, -0.2) is 83.8 Å². The van der Waals surface area contributed by atoms with Crippen molar-refractivity contribution in [2.75, 3.05) is 20.2 Å². The smallest absolute Gasteiger partial charge is 0.323 e. The molecule has 6 N–H and O–H groups in total. The molecule has 1 aliphatic heterocycles. The maximum atomic E-state index is 12.9. The van der Waals surface area contributed by atoms with Gasteiger partial charge >= 0.3 is 17.9 Å². The zero-order chi connectivity index (χ0) is 32.1. The predicted molar refractivity (Wildman–Crippen MR) is 150 cm³/mol. The number of carboxylic acids is 2. The lowest BCUT2D eigenvalue weighted by Crippen LogP contribution is -2.42. The number of ether oxygens (including phenoxy) is 2. The third-order valence-corrected chi connectivity index (χ3v) is 7.04. The molecule has 0 spiro atoms. The van der Waals surface area contributed by atoms with Crippen molar-refractivity contribution in [2.24, 2.45) is 23.5 Å². The summed E-state index contributed by atoms with van der Waals surface area (Å²) in [5, 5.41) is 23.3. The van der Waals surface area contributed by atoms with Crippen molar-refractivity contribution in [1.29, 1.82) is 0 Å². The number of methoxy groups -OCH3 is 1. The molecule has 0 fully saturated rings. The van der Waals surface area contributed by atoms with Crippen molar-refractivity contribution in [3.63, 3.8) is 0 Å². The Balaban J connectivity index is 1.92. The number of carboxylic acid groups (broad SMARTS) is 2. The van der Waals surface area contributed by atoms with Gasteiger partial charge in [-0.2, -0.15) is 0 Å². The number of carbonyl (C=O) groups is 7. The average Bonchev–Trinajstić information content (AvgIpc) is 2.94. The Morgan fingerprint density at radius 1 is 0.977 bits per heavy atom. The van der Waals surface area contributed by atoms with Crippen molar-refractivity contribution in [3.8, 4) is 0 Å². The first kappa shape index (κ1) is 34.9. The Morgan fingerprint density at radius 3 is 2.28 bits per heavy atom. The maximum absolute atomic E-state index is 12.9. The number of fused-ring (bicyclic) bond motifs is 1. The Hall–Kier alpha value is -4.33. The van der Waals surface area contributed by atoms with Gasteiger partial charge in [-0.1, -0.05) is 12.2 Å². The number of allylic oxidation sites excluding steroid dienone is 1. The van der Waals surface area contributed by atoms with E-state index in [4.69, 9.17) is 20.3 Å². The molecule has 0 bridgehead atoms. The maximum Gasteiger partial charge on any atom is 0.323 e. The molecule has 2 unspecified atom stereocenters. The van der Waals surface area contributed by atoms with E-state index < -0.39 is 59.6 Å². The van der Waals surface area contributed by atoms with Gasteiger partial charge in [0.15, 0.2) is 5.92 Å². The second kappa shape index (κ2) is 16.9. The molecule has 14 heteroatoms. The lowest BCUT2D eigenvalue weighted by molar-refractivity contribution is -0.153. The lowest BCUT2D eigenvalue weighted by Gasteiger charge is -2.27. The number of aliphatic carboxylic acids is 2. The first-order valence-electron chi connectivity index (χ1n) is 14.0. The number of esters is 1. The quantitative estimate of drug-likeness (QED) is 0.0996. The summed E-state index contributed by atoms with van der Waals surface area (Å²) >= 11 is 0. The topological polar surface area (TPSA) is 228 Å². The van der Waals surface area contributed by atoms with Crippen molar-refractivity contribution in [3.05, 3.63) is 35.6 Å². The van der Waals surface area contributed by atoms with Gasteiger partial charge in [-0.25, -0.2) is 0 Å². The van der Waals surface area contributed by atoms with Gasteiger partial charge in [0.25, 0.3) is 0 Å². The van der Waals surface area contributed by atoms with Crippen LogP contribution in [0.3, 0.4) is 0 Å². The summed E-state index contributed by atoms with van der Waals surface area (Å²) in [7, 11) is 1.48. The molecular weight excluding hydrogens is 566 g/mol. The molecule has 1 aliphatic carbocycles. The molecule has 0 aromatic rings. The van der Waals surface area contributed by atoms with Crippen LogP contribution in [0.2, 0.25) is 0 Å². The van der Waals surface area contributed by atoms with Crippen LogP contribution in [-0.2, 0) is 43.0 Å². The second-order valence-electron chi connectivity index (χ2n) is 10.4. The number of ketones is 2.